The molecule has 0 saturated heterocycles. The van der Waals surface area contributed by atoms with Crippen molar-refractivity contribution in [1.29, 1.82) is 0 Å². The number of carbonyl (C=O) groups is 1. The summed E-state index contributed by atoms with van der Waals surface area (Å²) in [5.41, 5.74) is 1.45. The fourth-order valence-electron chi connectivity index (χ4n) is 1.86. The molecule has 1 N–H and O–H groups in total. The van der Waals surface area contributed by atoms with Crippen LogP contribution in [-0.2, 0) is 0 Å². The summed E-state index contributed by atoms with van der Waals surface area (Å²) in [7, 11) is 0. The van der Waals surface area contributed by atoms with Crippen molar-refractivity contribution < 1.29 is 4.79 Å². The molecule has 0 radical (unpaired) electrons. The maximum Gasteiger partial charge on any atom is 0.256 e. The highest BCUT2D eigenvalue weighted by Crippen LogP contribution is 2.15. The van der Waals surface area contributed by atoms with Gasteiger partial charge in [-0.1, -0.05) is 6.07 Å². The van der Waals surface area contributed by atoms with E-state index < -0.39 is 0 Å². The first-order valence-electron chi connectivity index (χ1n) is 6.00. The molecule has 2 aromatic heterocycles. The quantitative estimate of drug-likeness (QED) is 0.781. The molecule has 3 aromatic rings. The lowest BCUT2D eigenvalue weighted by Gasteiger charge is -2.05. The Labute approximate surface area is 124 Å². The van der Waals surface area contributed by atoms with E-state index in [0.29, 0.717) is 11.4 Å². The lowest BCUT2D eigenvalue weighted by Crippen LogP contribution is -2.12. The molecule has 0 aliphatic rings. The molecule has 98 valence electrons. The van der Waals surface area contributed by atoms with Crippen molar-refractivity contribution in [2.24, 2.45) is 0 Å². The Kier molecular flexibility index (Phi) is 3.43. The zero-order valence-corrected chi connectivity index (χ0v) is 12.0. The summed E-state index contributed by atoms with van der Waals surface area (Å²) >= 11 is 3.30. The van der Waals surface area contributed by atoms with Gasteiger partial charge in [-0.25, -0.2) is 4.98 Å². The number of nitrogens with zero attached hydrogens (tertiary/aromatic N) is 2. The third-order valence-electron chi connectivity index (χ3n) is 2.83. The van der Waals surface area contributed by atoms with E-state index in [9.17, 15) is 4.79 Å². The third-order valence-corrected chi connectivity index (χ3v) is 3.30. The first-order valence-corrected chi connectivity index (χ1v) is 6.79. The maximum absolute atomic E-state index is 12.2. The van der Waals surface area contributed by atoms with Crippen LogP contribution in [0.15, 0.2) is 59.3 Å². The molecule has 1 amide bonds. The Morgan fingerprint density at radius 1 is 1.10 bits per heavy atom. The van der Waals surface area contributed by atoms with Gasteiger partial charge in [0.05, 0.1) is 5.52 Å². The van der Waals surface area contributed by atoms with Gasteiger partial charge in [-0.2, -0.15) is 0 Å². The minimum Gasteiger partial charge on any atom is -0.307 e. The molecule has 0 spiro atoms. The molecule has 0 fully saturated rings. The van der Waals surface area contributed by atoms with Gasteiger partial charge in [-0.3, -0.25) is 9.78 Å². The van der Waals surface area contributed by atoms with E-state index in [4.69, 9.17) is 0 Å². The molecule has 0 aliphatic heterocycles. The smallest absolute Gasteiger partial charge is 0.256 e. The van der Waals surface area contributed by atoms with Gasteiger partial charge in [0.15, 0.2) is 0 Å². The molecule has 5 heteroatoms. The van der Waals surface area contributed by atoms with Crippen LogP contribution in [0, 0.1) is 0 Å². The maximum atomic E-state index is 12.2. The summed E-state index contributed by atoms with van der Waals surface area (Å²) < 4.78 is 0.868. The van der Waals surface area contributed by atoms with Gasteiger partial charge in [-0.15, -0.1) is 0 Å². The number of pyridine rings is 2. The monoisotopic (exact) mass is 327 g/mol. The van der Waals surface area contributed by atoms with E-state index in [1.807, 2.05) is 30.3 Å². The van der Waals surface area contributed by atoms with Gasteiger partial charge in [-0.05, 0) is 52.3 Å². The van der Waals surface area contributed by atoms with Gasteiger partial charge in [0.1, 0.15) is 5.82 Å². The van der Waals surface area contributed by atoms with Gasteiger partial charge in [0.2, 0.25) is 0 Å². The molecule has 4 nitrogen and oxygen atoms in total. The van der Waals surface area contributed by atoms with Crippen LogP contribution < -0.4 is 5.32 Å². The Morgan fingerprint density at radius 2 is 2.00 bits per heavy atom. The van der Waals surface area contributed by atoms with Crippen LogP contribution in [0.5, 0.6) is 0 Å². The summed E-state index contributed by atoms with van der Waals surface area (Å²) in [6.45, 7) is 0. The second-order valence-electron chi connectivity index (χ2n) is 4.23. The fourth-order valence-corrected chi connectivity index (χ4v) is 2.09. The Hall–Kier alpha value is -2.27. The zero-order chi connectivity index (χ0) is 13.9. The number of nitrogens with one attached hydrogen (secondary N) is 1. The summed E-state index contributed by atoms with van der Waals surface area (Å²) in [4.78, 5) is 20.5. The average molecular weight is 328 g/mol. The molecule has 0 bridgehead atoms. The fraction of sp³-hybridized carbons (Fsp3) is 0. The Morgan fingerprint density at radius 3 is 2.80 bits per heavy atom. The van der Waals surface area contributed by atoms with Crippen molar-refractivity contribution in [2.45, 2.75) is 0 Å². The van der Waals surface area contributed by atoms with Crippen molar-refractivity contribution in [3.8, 4) is 0 Å². The molecule has 0 aliphatic carbocycles. The van der Waals surface area contributed by atoms with Crippen LogP contribution in [0.25, 0.3) is 10.9 Å². The second kappa shape index (κ2) is 5.38. The van der Waals surface area contributed by atoms with Crippen LogP contribution in [0.4, 0.5) is 5.82 Å². The van der Waals surface area contributed by atoms with E-state index in [0.717, 1.165) is 15.4 Å². The van der Waals surface area contributed by atoms with E-state index in [2.05, 4.69) is 31.2 Å². The highest BCUT2D eigenvalue weighted by Gasteiger charge is 2.07. The lowest BCUT2D eigenvalue weighted by atomic mass is 10.1. The SMILES string of the molecule is O=C(Nc1ccc(Br)cn1)c1ccc2ncccc2c1. The van der Waals surface area contributed by atoms with E-state index in [-0.39, 0.29) is 5.91 Å². The summed E-state index contributed by atoms with van der Waals surface area (Å²) in [6, 6.07) is 12.7. The van der Waals surface area contributed by atoms with Gasteiger partial charge in [0.25, 0.3) is 5.91 Å². The van der Waals surface area contributed by atoms with Crippen molar-refractivity contribution in [3.63, 3.8) is 0 Å². The van der Waals surface area contributed by atoms with Crippen molar-refractivity contribution in [3.05, 3.63) is 64.9 Å². The van der Waals surface area contributed by atoms with Crippen molar-refractivity contribution >= 4 is 38.6 Å². The van der Waals surface area contributed by atoms with E-state index in [1.165, 1.54) is 0 Å². The number of benzene rings is 1. The summed E-state index contributed by atoms with van der Waals surface area (Å²) in [6.07, 6.45) is 3.37. The van der Waals surface area contributed by atoms with Crippen molar-refractivity contribution in [2.75, 3.05) is 5.32 Å². The zero-order valence-electron chi connectivity index (χ0n) is 10.4. The molecule has 1 aromatic carbocycles. The Bertz CT molecular complexity index is 771. The number of aromatic nitrogens is 2. The molecule has 0 atom stereocenters. The normalized spacial score (nSPS) is 10.4. The predicted molar refractivity (Wildman–Crippen MR) is 81.6 cm³/mol. The first-order chi connectivity index (χ1) is 9.72. The third kappa shape index (κ3) is 2.67. The minimum absolute atomic E-state index is 0.189. The number of fused-ring (bicyclic) bond motifs is 1. The number of hydrogen-bond acceptors (Lipinski definition) is 3. The summed E-state index contributed by atoms with van der Waals surface area (Å²) in [5, 5.41) is 3.69. The molecular formula is C15H10BrN3O. The second-order valence-corrected chi connectivity index (χ2v) is 5.14. The lowest BCUT2D eigenvalue weighted by molar-refractivity contribution is 0.102. The largest absolute Gasteiger partial charge is 0.307 e. The molecule has 2 heterocycles. The summed E-state index contributed by atoms with van der Waals surface area (Å²) in [5.74, 6) is 0.329. The van der Waals surface area contributed by atoms with Crippen LogP contribution in [0.1, 0.15) is 10.4 Å². The van der Waals surface area contributed by atoms with E-state index >= 15 is 0 Å². The van der Waals surface area contributed by atoms with Crippen LogP contribution >= 0.6 is 15.9 Å². The molecule has 0 saturated carbocycles. The van der Waals surface area contributed by atoms with Gasteiger partial charge >= 0.3 is 0 Å². The number of halogens is 1. The Balaban J connectivity index is 1.86. The number of amides is 1. The van der Waals surface area contributed by atoms with Gasteiger partial charge < -0.3 is 5.32 Å². The standard InChI is InChI=1S/C15H10BrN3O/c16-12-4-6-14(18-9-12)19-15(20)11-3-5-13-10(8-11)2-1-7-17-13/h1-9H,(H,18,19,20). The number of hydrogen-bond donors (Lipinski definition) is 1. The predicted octanol–water partition coefficient (Wildman–Crippen LogP) is 3.64. The number of rotatable bonds is 2. The average Bonchev–Trinajstić information content (AvgIpc) is 2.49. The molecule has 0 unspecified atom stereocenters. The van der Waals surface area contributed by atoms with Crippen LogP contribution in [-0.4, -0.2) is 15.9 Å². The topological polar surface area (TPSA) is 54.9 Å². The molecule has 3 rings (SSSR count). The van der Waals surface area contributed by atoms with Crippen LogP contribution in [0.2, 0.25) is 0 Å². The van der Waals surface area contributed by atoms with Crippen molar-refractivity contribution in [1.82, 2.24) is 9.97 Å². The first kappa shape index (κ1) is 12.7. The highest BCUT2D eigenvalue weighted by molar-refractivity contribution is 9.10. The van der Waals surface area contributed by atoms with E-state index in [1.54, 1.807) is 24.5 Å². The highest BCUT2D eigenvalue weighted by atomic mass is 79.9. The number of carbonyl (C=O) groups excluding carboxylic acids is 1. The molecular weight excluding hydrogens is 318 g/mol. The number of anilines is 1. The molecule has 20 heavy (non-hydrogen) atoms. The minimum atomic E-state index is -0.189. The van der Waals surface area contributed by atoms with Crippen LogP contribution in [0.3, 0.4) is 0 Å². The van der Waals surface area contributed by atoms with Gasteiger partial charge in [0, 0.05) is 27.8 Å².